The SMILES string of the molecule is CC[C@]12COC(C1OC)[C@H](n1cc(C)c(=O)[nH]c1=O)O2. The fourth-order valence-corrected chi connectivity index (χ4v) is 3.07. The first-order valence-corrected chi connectivity index (χ1v) is 6.66. The molecule has 7 nitrogen and oxygen atoms in total. The van der Waals surface area contributed by atoms with Gasteiger partial charge in [-0.15, -0.1) is 0 Å². The van der Waals surface area contributed by atoms with Gasteiger partial charge in [0.25, 0.3) is 5.56 Å². The molecule has 2 aliphatic heterocycles. The van der Waals surface area contributed by atoms with E-state index in [2.05, 4.69) is 4.98 Å². The largest absolute Gasteiger partial charge is 0.375 e. The second-order valence-corrected chi connectivity index (χ2v) is 5.34. The number of aromatic amines is 1. The van der Waals surface area contributed by atoms with E-state index in [4.69, 9.17) is 14.2 Å². The van der Waals surface area contributed by atoms with Crippen LogP contribution in [-0.2, 0) is 14.2 Å². The number of hydrogen-bond acceptors (Lipinski definition) is 5. The van der Waals surface area contributed by atoms with Crippen molar-refractivity contribution in [2.75, 3.05) is 13.7 Å². The molecule has 0 saturated carbocycles. The fraction of sp³-hybridized carbons (Fsp3) is 0.692. The molecule has 2 aliphatic rings. The Balaban J connectivity index is 2.04. The molecule has 0 aromatic carbocycles. The summed E-state index contributed by atoms with van der Waals surface area (Å²) in [5.41, 5.74) is -0.949. The molecule has 2 fully saturated rings. The van der Waals surface area contributed by atoms with Gasteiger partial charge < -0.3 is 14.2 Å². The number of nitrogens with one attached hydrogen (secondary N) is 1. The van der Waals surface area contributed by atoms with Crippen molar-refractivity contribution in [3.8, 4) is 0 Å². The van der Waals surface area contributed by atoms with Gasteiger partial charge in [0, 0.05) is 18.9 Å². The minimum atomic E-state index is -0.573. The highest BCUT2D eigenvalue weighted by molar-refractivity contribution is 5.09. The van der Waals surface area contributed by atoms with Crippen LogP contribution in [0.4, 0.5) is 0 Å². The lowest BCUT2D eigenvalue weighted by Gasteiger charge is -2.30. The van der Waals surface area contributed by atoms with Gasteiger partial charge in [-0.25, -0.2) is 4.79 Å². The van der Waals surface area contributed by atoms with Gasteiger partial charge in [-0.1, -0.05) is 6.92 Å². The summed E-state index contributed by atoms with van der Waals surface area (Å²) in [7, 11) is 1.61. The molecule has 3 heterocycles. The molecule has 2 saturated heterocycles. The number of hydrogen-bond donors (Lipinski definition) is 1. The molecule has 3 rings (SSSR count). The molecule has 0 amide bonds. The zero-order chi connectivity index (χ0) is 14.5. The van der Waals surface area contributed by atoms with Gasteiger partial charge in [0.1, 0.15) is 17.8 Å². The molecule has 7 heteroatoms. The molecule has 1 N–H and O–H groups in total. The van der Waals surface area contributed by atoms with E-state index in [1.807, 2.05) is 6.92 Å². The van der Waals surface area contributed by atoms with Crippen LogP contribution < -0.4 is 11.2 Å². The monoisotopic (exact) mass is 282 g/mol. The van der Waals surface area contributed by atoms with Gasteiger partial charge >= 0.3 is 5.69 Å². The van der Waals surface area contributed by atoms with Crippen molar-refractivity contribution in [1.29, 1.82) is 0 Å². The molecule has 1 aromatic rings. The van der Waals surface area contributed by atoms with Gasteiger partial charge in [-0.3, -0.25) is 14.3 Å². The highest BCUT2D eigenvalue weighted by Crippen LogP contribution is 2.47. The number of methoxy groups -OCH3 is 1. The van der Waals surface area contributed by atoms with Crippen LogP contribution in [0.25, 0.3) is 0 Å². The van der Waals surface area contributed by atoms with Crippen LogP contribution in [0.3, 0.4) is 0 Å². The summed E-state index contributed by atoms with van der Waals surface area (Å²) in [5.74, 6) is 0. The predicted octanol–water partition coefficient (Wildman–Crippen LogP) is -0.0636. The Bertz CT molecular complexity index is 636. The zero-order valence-corrected chi connectivity index (χ0v) is 11.7. The van der Waals surface area contributed by atoms with Crippen molar-refractivity contribution >= 4 is 0 Å². The molecule has 20 heavy (non-hydrogen) atoms. The summed E-state index contributed by atoms with van der Waals surface area (Å²) in [4.78, 5) is 25.7. The molecule has 0 spiro atoms. The van der Waals surface area contributed by atoms with Crippen LogP contribution in [0, 0.1) is 6.92 Å². The van der Waals surface area contributed by atoms with E-state index in [1.54, 1.807) is 14.0 Å². The Hall–Kier alpha value is -1.44. The van der Waals surface area contributed by atoms with E-state index in [-0.39, 0.29) is 17.8 Å². The predicted molar refractivity (Wildman–Crippen MR) is 69.7 cm³/mol. The third-order valence-corrected chi connectivity index (χ3v) is 4.25. The van der Waals surface area contributed by atoms with Crippen molar-refractivity contribution in [3.05, 3.63) is 32.6 Å². The molecule has 2 unspecified atom stereocenters. The maximum atomic E-state index is 12.0. The first-order chi connectivity index (χ1) is 9.52. The Morgan fingerprint density at radius 1 is 1.55 bits per heavy atom. The number of fused-ring (bicyclic) bond motifs is 2. The minimum absolute atomic E-state index is 0.211. The molecular formula is C13H18N2O5. The quantitative estimate of drug-likeness (QED) is 0.839. The van der Waals surface area contributed by atoms with Crippen LogP contribution in [0.5, 0.6) is 0 Å². The lowest BCUT2D eigenvalue weighted by atomic mass is 9.96. The van der Waals surface area contributed by atoms with Crippen LogP contribution in [0.15, 0.2) is 15.8 Å². The number of aryl methyl sites for hydroxylation is 1. The minimum Gasteiger partial charge on any atom is -0.375 e. The average molecular weight is 282 g/mol. The van der Waals surface area contributed by atoms with Crippen LogP contribution in [0.1, 0.15) is 25.1 Å². The fourth-order valence-electron chi connectivity index (χ4n) is 3.07. The molecule has 0 radical (unpaired) electrons. The smallest absolute Gasteiger partial charge is 0.330 e. The number of nitrogens with zero attached hydrogens (tertiary/aromatic N) is 1. The number of H-pyrrole nitrogens is 1. The summed E-state index contributed by atoms with van der Waals surface area (Å²) < 4.78 is 18.7. The molecule has 0 aliphatic carbocycles. The van der Waals surface area contributed by atoms with Crippen LogP contribution >= 0.6 is 0 Å². The van der Waals surface area contributed by atoms with Crippen molar-refractivity contribution in [3.63, 3.8) is 0 Å². The van der Waals surface area contributed by atoms with Gasteiger partial charge in [-0.2, -0.15) is 0 Å². The summed E-state index contributed by atoms with van der Waals surface area (Å²) in [6.45, 7) is 4.10. The number of ether oxygens (including phenoxy) is 3. The lowest BCUT2D eigenvalue weighted by Crippen LogP contribution is -2.41. The van der Waals surface area contributed by atoms with Crippen molar-refractivity contribution in [2.45, 2.75) is 44.3 Å². The van der Waals surface area contributed by atoms with E-state index in [0.717, 1.165) is 6.42 Å². The summed E-state index contributed by atoms with van der Waals surface area (Å²) in [6, 6.07) is 0. The van der Waals surface area contributed by atoms with Gasteiger partial charge in [0.15, 0.2) is 6.23 Å². The maximum absolute atomic E-state index is 12.0. The average Bonchev–Trinajstić information content (AvgIpc) is 2.95. The third-order valence-electron chi connectivity index (χ3n) is 4.25. The third kappa shape index (κ3) is 1.70. The highest BCUT2D eigenvalue weighted by Gasteiger charge is 2.61. The van der Waals surface area contributed by atoms with Crippen LogP contribution in [-0.4, -0.2) is 41.1 Å². The summed E-state index contributed by atoms with van der Waals surface area (Å²) >= 11 is 0. The van der Waals surface area contributed by atoms with E-state index in [9.17, 15) is 9.59 Å². The second kappa shape index (κ2) is 4.54. The van der Waals surface area contributed by atoms with Gasteiger partial charge in [-0.05, 0) is 13.3 Å². The highest BCUT2D eigenvalue weighted by atomic mass is 16.7. The molecule has 1 aromatic heterocycles. The first-order valence-electron chi connectivity index (χ1n) is 6.66. The van der Waals surface area contributed by atoms with E-state index >= 15 is 0 Å². The second-order valence-electron chi connectivity index (χ2n) is 5.34. The molecule has 2 bridgehead atoms. The first kappa shape index (κ1) is 13.5. The summed E-state index contributed by atoms with van der Waals surface area (Å²) in [5, 5.41) is 0. The van der Waals surface area contributed by atoms with E-state index < -0.39 is 17.5 Å². The number of rotatable bonds is 3. The molecule has 110 valence electrons. The Morgan fingerprint density at radius 2 is 2.30 bits per heavy atom. The van der Waals surface area contributed by atoms with Gasteiger partial charge in [0.05, 0.1) is 6.61 Å². The molecular weight excluding hydrogens is 264 g/mol. The Kier molecular flexibility index (Phi) is 3.07. The summed E-state index contributed by atoms with van der Waals surface area (Å²) in [6.07, 6.45) is 1.11. The Labute approximate surface area is 115 Å². The van der Waals surface area contributed by atoms with Crippen molar-refractivity contribution < 1.29 is 14.2 Å². The van der Waals surface area contributed by atoms with Crippen LogP contribution in [0.2, 0.25) is 0 Å². The standard InChI is InChI=1S/C13H18N2O5/c1-4-13-6-19-8(9(13)18-3)11(20-13)15-5-7(2)10(16)14-12(15)17/h5,8-9,11H,4,6H2,1-3H3,(H,14,16,17)/t8?,9?,11-,13+/m1/s1. The van der Waals surface area contributed by atoms with Crippen molar-refractivity contribution in [1.82, 2.24) is 9.55 Å². The Morgan fingerprint density at radius 3 is 2.90 bits per heavy atom. The van der Waals surface area contributed by atoms with Gasteiger partial charge in [0.2, 0.25) is 0 Å². The zero-order valence-electron chi connectivity index (χ0n) is 11.7. The topological polar surface area (TPSA) is 82.5 Å². The lowest BCUT2D eigenvalue weighted by molar-refractivity contribution is -0.176. The molecule has 4 atom stereocenters. The van der Waals surface area contributed by atoms with Crippen molar-refractivity contribution in [2.24, 2.45) is 0 Å². The number of aromatic nitrogens is 2. The maximum Gasteiger partial charge on any atom is 0.330 e. The van der Waals surface area contributed by atoms with E-state index in [0.29, 0.717) is 12.2 Å². The normalized spacial score (nSPS) is 35.6. The van der Waals surface area contributed by atoms with E-state index in [1.165, 1.54) is 10.8 Å².